The molecule has 2 aromatic carbocycles. The first-order chi connectivity index (χ1) is 11.9. The van der Waals surface area contributed by atoms with E-state index in [4.69, 9.17) is 5.73 Å². The Hall–Kier alpha value is -3.12. The van der Waals surface area contributed by atoms with Crippen LogP contribution in [-0.4, -0.2) is 4.98 Å². The predicted molar refractivity (Wildman–Crippen MR) is 103 cm³/mol. The van der Waals surface area contributed by atoms with Crippen LogP contribution in [0.15, 0.2) is 42.5 Å². The second-order valence-electron chi connectivity index (χ2n) is 6.54. The summed E-state index contributed by atoms with van der Waals surface area (Å²) in [5.74, 6) is 0.272. The highest BCUT2D eigenvalue weighted by Crippen LogP contribution is 2.33. The second-order valence-corrected chi connectivity index (χ2v) is 6.54. The molecule has 0 saturated heterocycles. The SMILES string of the molecule is Cc1ccc(C)c(-c2cc(-c3ccc(C)c(C)c3)nc(N)c2C#N)c1. The van der Waals surface area contributed by atoms with Gasteiger partial charge in [0, 0.05) is 11.1 Å². The lowest BCUT2D eigenvalue weighted by molar-refractivity contribution is 1.28. The number of hydrogen-bond acceptors (Lipinski definition) is 3. The molecule has 0 bridgehead atoms. The third-order valence-electron chi connectivity index (χ3n) is 4.65. The molecule has 0 spiro atoms. The first-order valence-corrected chi connectivity index (χ1v) is 8.26. The summed E-state index contributed by atoms with van der Waals surface area (Å²) in [5.41, 5.74) is 14.9. The highest BCUT2D eigenvalue weighted by atomic mass is 14.8. The molecule has 3 rings (SSSR count). The molecular weight excluding hydrogens is 306 g/mol. The van der Waals surface area contributed by atoms with Crippen molar-refractivity contribution in [2.45, 2.75) is 27.7 Å². The van der Waals surface area contributed by atoms with Gasteiger partial charge >= 0.3 is 0 Å². The highest BCUT2D eigenvalue weighted by molar-refractivity contribution is 5.82. The summed E-state index contributed by atoms with van der Waals surface area (Å²) in [5, 5.41) is 9.59. The van der Waals surface area contributed by atoms with E-state index in [9.17, 15) is 5.26 Å². The monoisotopic (exact) mass is 327 g/mol. The fraction of sp³-hybridized carbons (Fsp3) is 0.182. The van der Waals surface area contributed by atoms with Crippen molar-refractivity contribution in [1.82, 2.24) is 4.98 Å². The number of nitrogens with zero attached hydrogens (tertiary/aromatic N) is 2. The van der Waals surface area contributed by atoms with Gasteiger partial charge in [0.05, 0.1) is 5.69 Å². The zero-order valence-corrected chi connectivity index (χ0v) is 15.0. The summed E-state index contributed by atoms with van der Waals surface area (Å²) in [6, 6.07) is 16.7. The number of hydrogen-bond donors (Lipinski definition) is 1. The van der Waals surface area contributed by atoms with E-state index in [1.54, 1.807) is 0 Å². The minimum atomic E-state index is 0.272. The first-order valence-electron chi connectivity index (χ1n) is 8.26. The molecule has 0 unspecified atom stereocenters. The third kappa shape index (κ3) is 3.12. The van der Waals surface area contributed by atoms with Crippen molar-refractivity contribution in [3.05, 3.63) is 70.3 Å². The second kappa shape index (κ2) is 6.41. The van der Waals surface area contributed by atoms with Crippen LogP contribution in [0.1, 0.15) is 27.8 Å². The van der Waals surface area contributed by atoms with Crippen molar-refractivity contribution in [1.29, 1.82) is 5.26 Å². The molecule has 0 aliphatic heterocycles. The Morgan fingerprint density at radius 3 is 2.24 bits per heavy atom. The molecule has 3 heteroatoms. The minimum Gasteiger partial charge on any atom is -0.383 e. The number of rotatable bonds is 2. The number of nitrogen functional groups attached to an aromatic ring is 1. The van der Waals surface area contributed by atoms with Crippen LogP contribution in [0.5, 0.6) is 0 Å². The smallest absolute Gasteiger partial charge is 0.142 e. The Balaban J connectivity index is 2.28. The summed E-state index contributed by atoms with van der Waals surface area (Å²) in [7, 11) is 0. The van der Waals surface area contributed by atoms with Crippen molar-refractivity contribution in [3.8, 4) is 28.5 Å². The molecule has 1 aromatic heterocycles. The van der Waals surface area contributed by atoms with Gasteiger partial charge < -0.3 is 5.73 Å². The van der Waals surface area contributed by atoms with E-state index in [1.165, 1.54) is 11.1 Å². The summed E-state index contributed by atoms with van der Waals surface area (Å²) in [4.78, 5) is 4.48. The van der Waals surface area contributed by atoms with Crippen molar-refractivity contribution in [3.63, 3.8) is 0 Å². The Kier molecular flexibility index (Phi) is 4.29. The molecule has 0 aliphatic carbocycles. The van der Waals surface area contributed by atoms with E-state index >= 15 is 0 Å². The van der Waals surface area contributed by atoms with Gasteiger partial charge in [-0.05, 0) is 62.1 Å². The number of aryl methyl sites for hydroxylation is 4. The molecule has 25 heavy (non-hydrogen) atoms. The maximum Gasteiger partial charge on any atom is 0.142 e. The highest BCUT2D eigenvalue weighted by Gasteiger charge is 2.15. The largest absolute Gasteiger partial charge is 0.383 e. The zero-order valence-electron chi connectivity index (χ0n) is 15.0. The molecule has 124 valence electrons. The van der Waals surface area contributed by atoms with Crippen LogP contribution in [0.4, 0.5) is 5.82 Å². The lowest BCUT2D eigenvalue weighted by Gasteiger charge is -2.13. The molecule has 2 N–H and O–H groups in total. The summed E-state index contributed by atoms with van der Waals surface area (Å²) < 4.78 is 0. The number of benzene rings is 2. The average molecular weight is 327 g/mol. The van der Waals surface area contributed by atoms with Crippen molar-refractivity contribution in [2.24, 2.45) is 0 Å². The van der Waals surface area contributed by atoms with Crippen LogP contribution >= 0.6 is 0 Å². The minimum absolute atomic E-state index is 0.272. The summed E-state index contributed by atoms with van der Waals surface area (Å²) in [6.07, 6.45) is 0. The quantitative estimate of drug-likeness (QED) is 0.712. The van der Waals surface area contributed by atoms with Gasteiger partial charge in [-0.25, -0.2) is 4.98 Å². The number of nitrogens with two attached hydrogens (primary N) is 1. The van der Waals surface area contributed by atoms with E-state index in [-0.39, 0.29) is 5.82 Å². The molecule has 0 aliphatic rings. The summed E-state index contributed by atoms with van der Waals surface area (Å²) in [6.45, 7) is 8.25. The maximum absolute atomic E-state index is 9.59. The molecule has 0 atom stereocenters. The molecule has 3 aromatic rings. The Morgan fingerprint density at radius 2 is 1.56 bits per heavy atom. The average Bonchev–Trinajstić information content (AvgIpc) is 2.58. The van der Waals surface area contributed by atoms with E-state index in [0.29, 0.717) is 5.56 Å². The van der Waals surface area contributed by atoms with Crippen LogP contribution in [-0.2, 0) is 0 Å². The van der Waals surface area contributed by atoms with Gasteiger partial charge in [0.25, 0.3) is 0 Å². The Bertz CT molecular complexity index is 1010. The van der Waals surface area contributed by atoms with Gasteiger partial charge in [-0.1, -0.05) is 35.9 Å². The summed E-state index contributed by atoms with van der Waals surface area (Å²) >= 11 is 0. The van der Waals surface area contributed by atoms with E-state index < -0.39 is 0 Å². The number of anilines is 1. The Labute approximate surface area is 148 Å². The molecule has 0 fully saturated rings. The van der Waals surface area contributed by atoms with Crippen LogP contribution in [0.25, 0.3) is 22.4 Å². The van der Waals surface area contributed by atoms with E-state index in [0.717, 1.165) is 33.5 Å². The lowest BCUT2D eigenvalue weighted by Crippen LogP contribution is -2.01. The molecule has 0 radical (unpaired) electrons. The van der Waals surface area contributed by atoms with Crippen molar-refractivity contribution >= 4 is 5.82 Å². The molecule has 3 nitrogen and oxygen atoms in total. The Morgan fingerprint density at radius 1 is 0.840 bits per heavy atom. The van der Waals surface area contributed by atoms with Gasteiger partial charge in [0.2, 0.25) is 0 Å². The molecular formula is C22H21N3. The van der Waals surface area contributed by atoms with E-state index in [1.807, 2.05) is 26.0 Å². The zero-order chi connectivity index (χ0) is 18.1. The van der Waals surface area contributed by atoms with Crippen molar-refractivity contribution in [2.75, 3.05) is 5.73 Å². The number of nitriles is 1. The first kappa shape index (κ1) is 16.7. The molecule has 0 amide bonds. The maximum atomic E-state index is 9.59. The van der Waals surface area contributed by atoms with Gasteiger partial charge in [-0.3, -0.25) is 0 Å². The molecule has 0 saturated carbocycles. The standard InChI is InChI=1S/C22H21N3/c1-13-5-6-15(3)18(9-13)19-11-21(25-22(24)20(19)12-23)17-8-7-14(2)16(4)10-17/h5-11H,1-4H3,(H2,24,25). The predicted octanol–water partition coefficient (Wildman–Crippen LogP) is 5.10. The fourth-order valence-corrected chi connectivity index (χ4v) is 2.97. The van der Waals surface area contributed by atoms with Gasteiger partial charge in [0.1, 0.15) is 17.5 Å². The van der Waals surface area contributed by atoms with Crippen molar-refractivity contribution < 1.29 is 0 Å². The van der Waals surface area contributed by atoms with Gasteiger partial charge in [0.15, 0.2) is 0 Å². The van der Waals surface area contributed by atoms with E-state index in [2.05, 4.69) is 55.2 Å². The third-order valence-corrected chi connectivity index (χ3v) is 4.65. The number of aromatic nitrogens is 1. The van der Waals surface area contributed by atoms with Gasteiger partial charge in [-0.2, -0.15) is 5.26 Å². The normalized spacial score (nSPS) is 10.5. The van der Waals surface area contributed by atoms with Crippen LogP contribution in [0, 0.1) is 39.0 Å². The topological polar surface area (TPSA) is 62.7 Å². The van der Waals surface area contributed by atoms with Crippen LogP contribution in [0.2, 0.25) is 0 Å². The fourth-order valence-electron chi connectivity index (χ4n) is 2.97. The van der Waals surface area contributed by atoms with Gasteiger partial charge in [-0.15, -0.1) is 0 Å². The lowest BCUT2D eigenvalue weighted by atomic mass is 9.93. The molecule has 1 heterocycles. The van der Waals surface area contributed by atoms with Crippen LogP contribution in [0.3, 0.4) is 0 Å². The number of pyridine rings is 1. The van der Waals surface area contributed by atoms with Crippen LogP contribution < -0.4 is 5.73 Å².